The standard InChI is InChI=1S/C16H20N2O4/c1-10-7-8-18(14(9-10)16(21)22)15(20)12-3-5-13(6-4-12)17-11(2)19/h3-6,10,14H,7-9H2,1-2H3,(H,17,19)(H,21,22). The number of carboxylic acids is 1. The van der Waals surface area contributed by atoms with Gasteiger partial charge in [0, 0.05) is 24.7 Å². The second-order valence-electron chi connectivity index (χ2n) is 5.74. The van der Waals surface area contributed by atoms with Crippen molar-refractivity contribution < 1.29 is 19.5 Å². The first-order chi connectivity index (χ1) is 10.4. The van der Waals surface area contributed by atoms with Crippen LogP contribution in [0.25, 0.3) is 0 Å². The van der Waals surface area contributed by atoms with Gasteiger partial charge in [0.1, 0.15) is 6.04 Å². The van der Waals surface area contributed by atoms with Crippen molar-refractivity contribution in [3.05, 3.63) is 29.8 Å². The molecule has 2 amide bonds. The van der Waals surface area contributed by atoms with Crippen molar-refractivity contribution in [2.45, 2.75) is 32.7 Å². The topological polar surface area (TPSA) is 86.7 Å². The van der Waals surface area contributed by atoms with Gasteiger partial charge < -0.3 is 15.3 Å². The van der Waals surface area contributed by atoms with E-state index in [0.29, 0.717) is 30.1 Å². The quantitative estimate of drug-likeness (QED) is 0.894. The van der Waals surface area contributed by atoms with E-state index in [1.807, 2.05) is 6.92 Å². The Balaban J connectivity index is 2.15. The van der Waals surface area contributed by atoms with Gasteiger partial charge in [0.2, 0.25) is 5.91 Å². The smallest absolute Gasteiger partial charge is 0.326 e. The fraction of sp³-hybridized carbons (Fsp3) is 0.438. The Hall–Kier alpha value is -2.37. The summed E-state index contributed by atoms with van der Waals surface area (Å²) in [7, 11) is 0. The minimum Gasteiger partial charge on any atom is -0.480 e. The van der Waals surface area contributed by atoms with E-state index in [9.17, 15) is 19.5 Å². The normalized spacial score (nSPS) is 21.3. The lowest BCUT2D eigenvalue weighted by Gasteiger charge is -2.36. The predicted molar refractivity (Wildman–Crippen MR) is 81.6 cm³/mol. The zero-order valence-electron chi connectivity index (χ0n) is 12.7. The van der Waals surface area contributed by atoms with Crippen LogP contribution in [-0.4, -0.2) is 40.4 Å². The molecule has 1 aliphatic rings. The summed E-state index contributed by atoms with van der Waals surface area (Å²) in [6, 6.07) is 5.70. The number of nitrogens with one attached hydrogen (secondary N) is 1. The van der Waals surface area contributed by atoms with Crippen LogP contribution in [0, 0.1) is 5.92 Å². The molecule has 0 saturated carbocycles. The molecule has 0 radical (unpaired) electrons. The third kappa shape index (κ3) is 3.63. The highest BCUT2D eigenvalue weighted by atomic mass is 16.4. The molecule has 2 rings (SSSR count). The molecule has 1 aromatic rings. The lowest BCUT2D eigenvalue weighted by Crippen LogP contribution is -2.49. The average Bonchev–Trinajstić information content (AvgIpc) is 2.46. The lowest BCUT2D eigenvalue weighted by atomic mass is 9.92. The van der Waals surface area contributed by atoms with Crippen molar-refractivity contribution >= 4 is 23.5 Å². The highest BCUT2D eigenvalue weighted by Gasteiger charge is 2.35. The number of anilines is 1. The zero-order chi connectivity index (χ0) is 16.3. The van der Waals surface area contributed by atoms with E-state index in [4.69, 9.17) is 0 Å². The number of amides is 2. The van der Waals surface area contributed by atoms with Gasteiger partial charge >= 0.3 is 5.97 Å². The second kappa shape index (κ2) is 6.60. The highest BCUT2D eigenvalue weighted by molar-refractivity contribution is 5.97. The van der Waals surface area contributed by atoms with Crippen molar-refractivity contribution in [2.24, 2.45) is 5.92 Å². The van der Waals surface area contributed by atoms with Gasteiger partial charge in [-0.2, -0.15) is 0 Å². The molecule has 2 atom stereocenters. The fourth-order valence-electron chi connectivity index (χ4n) is 2.68. The molecule has 22 heavy (non-hydrogen) atoms. The molecule has 0 aliphatic carbocycles. The van der Waals surface area contributed by atoms with Crippen LogP contribution in [0.2, 0.25) is 0 Å². The summed E-state index contributed by atoms with van der Waals surface area (Å²) in [5, 5.41) is 11.9. The molecule has 1 saturated heterocycles. The van der Waals surface area contributed by atoms with Crippen LogP contribution < -0.4 is 5.32 Å². The predicted octanol–water partition coefficient (Wildman–Crippen LogP) is 1.97. The van der Waals surface area contributed by atoms with E-state index >= 15 is 0 Å². The van der Waals surface area contributed by atoms with Crippen LogP contribution >= 0.6 is 0 Å². The summed E-state index contributed by atoms with van der Waals surface area (Å²) in [5.74, 6) is -1.13. The Morgan fingerprint density at radius 3 is 2.41 bits per heavy atom. The molecule has 1 fully saturated rings. The zero-order valence-corrected chi connectivity index (χ0v) is 12.7. The average molecular weight is 304 g/mol. The molecule has 0 aromatic heterocycles. The van der Waals surface area contributed by atoms with Crippen molar-refractivity contribution in [3.8, 4) is 0 Å². The Morgan fingerprint density at radius 1 is 1.23 bits per heavy atom. The van der Waals surface area contributed by atoms with Gasteiger partial charge in [-0.15, -0.1) is 0 Å². The van der Waals surface area contributed by atoms with Crippen molar-refractivity contribution in [1.82, 2.24) is 4.90 Å². The Labute approximate surface area is 129 Å². The summed E-state index contributed by atoms with van der Waals surface area (Å²) >= 11 is 0. The summed E-state index contributed by atoms with van der Waals surface area (Å²) in [6.45, 7) is 3.86. The molecule has 0 spiro atoms. The lowest BCUT2D eigenvalue weighted by molar-refractivity contribution is -0.144. The number of nitrogens with zero attached hydrogens (tertiary/aromatic N) is 1. The van der Waals surface area contributed by atoms with Gasteiger partial charge in [-0.3, -0.25) is 9.59 Å². The summed E-state index contributed by atoms with van der Waals surface area (Å²) < 4.78 is 0. The summed E-state index contributed by atoms with van der Waals surface area (Å²) in [4.78, 5) is 36.3. The van der Waals surface area contributed by atoms with E-state index in [1.165, 1.54) is 11.8 Å². The van der Waals surface area contributed by atoms with Gasteiger partial charge in [0.25, 0.3) is 5.91 Å². The number of carbonyl (C=O) groups is 3. The number of carboxylic acid groups (broad SMARTS) is 1. The first-order valence-corrected chi connectivity index (χ1v) is 7.30. The molecule has 1 aliphatic heterocycles. The van der Waals surface area contributed by atoms with Crippen molar-refractivity contribution in [1.29, 1.82) is 0 Å². The number of hydrogen-bond donors (Lipinski definition) is 2. The molecule has 0 bridgehead atoms. The van der Waals surface area contributed by atoms with E-state index < -0.39 is 12.0 Å². The number of piperidine rings is 1. The van der Waals surface area contributed by atoms with E-state index in [1.54, 1.807) is 24.3 Å². The molecule has 1 aromatic carbocycles. The molecular formula is C16H20N2O4. The van der Waals surface area contributed by atoms with Crippen LogP contribution in [0.3, 0.4) is 0 Å². The fourth-order valence-corrected chi connectivity index (χ4v) is 2.68. The summed E-state index contributed by atoms with van der Waals surface area (Å²) in [6.07, 6.45) is 1.28. The van der Waals surface area contributed by atoms with Gasteiger partial charge in [-0.05, 0) is 43.0 Å². The molecule has 1 heterocycles. The maximum atomic E-state index is 12.5. The van der Waals surface area contributed by atoms with Crippen LogP contribution in [0.1, 0.15) is 37.0 Å². The molecule has 6 heteroatoms. The molecule has 2 unspecified atom stereocenters. The van der Waals surface area contributed by atoms with Crippen LogP contribution in [0.5, 0.6) is 0 Å². The monoisotopic (exact) mass is 304 g/mol. The minimum atomic E-state index is -0.963. The third-order valence-electron chi connectivity index (χ3n) is 3.86. The Bertz CT molecular complexity index is 582. The van der Waals surface area contributed by atoms with E-state index in [0.717, 1.165) is 6.42 Å². The van der Waals surface area contributed by atoms with Crippen molar-refractivity contribution in [3.63, 3.8) is 0 Å². The number of hydrogen-bond acceptors (Lipinski definition) is 3. The van der Waals surface area contributed by atoms with Crippen LogP contribution in [-0.2, 0) is 9.59 Å². The number of carbonyl (C=O) groups excluding carboxylic acids is 2. The SMILES string of the molecule is CC(=O)Nc1ccc(C(=O)N2CCC(C)CC2C(=O)O)cc1. The maximum absolute atomic E-state index is 12.5. The van der Waals surface area contributed by atoms with Gasteiger partial charge in [-0.25, -0.2) is 4.79 Å². The first-order valence-electron chi connectivity index (χ1n) is 7.30. The highest BCUT2D eigenvalue weighted by Crippen LogP contribution is 2.24. The number of benzene rings is 1. The molecule has 118 valence electrons. The third-order valence-corrected chi connectivity index (χ3v) is 3.86. The largest absolute Gasteiger partial charge is 0.480 e. The molecule has 6 nitrogen and oxygen atoms in total. The molecular weight excluding hydrogens is 284 g/mol. The van der Waals surface area contributed by atoms with Gasteiger partial charge in [0.05, 0.1) is 0 Å². The minimum absolute atomic E-state index is 0.185. The summed E-state index contributed by atoms with van der Waals surface area (Å²) in [5.41, 5.74) is 1.03. The van der Waals surface area contributed by atoms with E-state index in [-0.39, 0.29) is 11.8 Å². The number of rotatable bonds is 3. The van der Waals surface area contributed by atoms with Gasteiger partial charge in [0.15, 0.2) is 0 Å². The van der Waals surface area contributed by atoms with Gasteiger partial charge in [-0.1, -0.05) is 6.92 Å². The number of aliphatic carboxylic acids is 1. The van der Waals surface area contributed by atoms with E-state index in [2.05, 4.69) is 5.32 Å². The van der Waals surface area contributed by atoms with Crippen molar-refractivity contribution in [2.75, 3.05) is 11.9 Å². The van der Waals surface area contributed by atoms with Crippen LogP contribution in [0.15, 0.2) is 24.3 Å². The Kier molecular flexibility index (Phi) is 4.80. The Morgan fingerprint density at radius 2 is 1.86 bits per heavy atom. The maximum Gasteiger partial charge on any atom is 0.326 e. The second-order valence-corrected chi connectivity index (χ2v) is 5.74. The number of likely N-dealkylation sites (tertiary alicyclic amines) is 1. The first kappa shape index (κ1) is 16.0. The molecule has 2 N–H and O–H groups in total. The van der Waals surface area contributed by atoms with Crippen LogP contribution in [0.4, 0.5) is 5.69 Å².